The Bertz CT molecular complexity index is 718. The number of methoxy groups -OCH3 is 1. The average Bonchev–Trinajstić information content (AvgIpc) is 2.53. The maximum absolute atomic E-state index is 13.1. The summed E-state index contributed by atoms with van der Waals surface area (Å²) in [6.45, 7) is 0. The molecule has 1 aromatic rings. The van der Waals surface area contributed by atoms with Gasteiger partial charge in [0, 0.05) is 4.47 Å². The quantitative estimate of drug-likeness (QED) is 0.329. The van der Waals surface area contributed by atoms with Crippen molar-refractivity contribution in [2.45, 2.75) is 36.8 Å². The summed E-state index contributed by atoms with van der Waals surface area (Å²) in [5.41, 5.74) is 0.778. The SMILES string of the molecule is COC(=O)C(CCCc1ccc(Br)cc1)OS(=O)(=O)C(F)(F)C(F)(F)F. The molecular weight excluding hydrogens is 455 g/mol. The van der Waals surface area contributed by atoms with E-state index in [1.54, 1.807) is 24.3 Å². The smallest absolute Gasteiger partial charge is 0.467 e. The predicted molar refractivity (Wildman–Crippen MR) is 83.9 cm³/mol. The zero-order valence-corrected chi connectivity index (χ0v) is 15.6. The first-order valence-electron chi connectivity index (χ1n) is 7.01. The Hall–Kier alpha value is -1.27. The molecule has 1 atom stereocenters. The van der Waals surface area contributed by atoms with E-state index in [1.165, 1.54) is 0 Å². The molecule has 0 fully saturated rings. The van der Waals surface area contributed by atoms with Crippen molar-refractivity contribution in [1.82, 2.24) is 0 Å². The molecule has 1 rings (SSSR count). The Morgan fingerprint density at radius 3 is 2.15 bits per heavy atom. The minimum absolute atomic E-state index is 0.0779. The number of benzene rings is 1. The van der Waals surface area contributed by atoms with Crippen LogP contribution in [0.15, 0.2) is 28.7 Å². The Morgan fingerprint density at radius 1 is 1.15 bits per heavy atom. The summed E-state index contributed by atoms with van der Waals surface area (Å²) in [6.07, 6.45) is -8.55. The van der Waals surface area contributed by atoms with E-state index < -0.39 is 40.0 Å². The van der Waals surface area contributed by atoms with Crippen LogP contribution >= 0.6 is 15.9 Å². The first kappa shape index (κ1) is 22.8. The molecule has 0 amide bonds. The van der Waals surface area contributed by atoms with Crippen LogP contribution in [0.25, 0.3) is 0 Å². The molecule has 0 saturated carbocycles. The summed E-state index contributed by atoms with van der Waals surface area (Å²) in [5, 5.41) is -6.15. The second-order valence-corrected chi connectivity index (χ2v) is 7.62. The lowest BCUT2D eigenvalue weighted by atomic mass is 10.1. The molecule has 26 heavy (non-hydrogen) atoms. The van der Waals surface area contributed by atoms with E-state index in [9.17, 15) is 35.2 Å². The van der Waals surface area contributed by atoms with E-state index in [-0.39, 0.29) is 6.42 Å². The third kappa shape index (κ3) is 5.61. The van der Waals surface area contributed by atoms with Crippen molar-refractivity contribution >= 4 is 32.0 Å². The summed E-state index contributed by atoms with van der Waals surface area (Å²) in [6, 6.07) is 6.87. The highest BCUT2D eigenvalue weighted by Crippen LogP contribution is 2.41. The van der Waals surface area contributed by atoms with Crippen molar-refractivity contribution in [3.05, 3.63) is 34.3 Å². The van der Waals surface area contributed by atoms with Crippen LogP contribution in [-0.4, -0.2) is 39.0 Å². The molecule has 1 aromatic carbocycles. The normalized spacial score (nSPS) is 14.1. The Balaban J connectivity index is 2.84. The number of ether oxygens (including phenoxy) is 1. The predicted octanol–water partition coefficient (Wildman–Crippen LogP) is 3.81. The third-order valence-electron chi connectivity index (χ3n) is 3.20. The number of rotatable bonds is 8. The van der Waals surface area contributed by atoms with Crippen LogP contribution in [0.1, 0.15) is 18.4 Å². The number of alkyl halides is 5. The van der Waals surface area contributed by atoms with E-state index in [0.29, 0.717) is 6.42 Å². The van der Waals surface area contributed by atoms with Crippen LogP contribution in [-0.2, 0) is 30.3 Å². The molecule has 0 aliphatic heterocycles. The van der Waals surface area contributed by atoms with Gasteiger partial charge in [0.2, 0.25) is 0 Å². The largest absolute Gasteiger partial charge is 0.472 e. The molecule has 0 aromatic heterocycles. The van der Waals surface area contributed by atoms with Gasteiger partial charge < -0.3 is 4.74 Å². The van der Waals surface area contributed by atoms with Crippen LogP contribution in [0, 0.1) is 0 Å². The first-order chi connectivity index (χ1) is 11.8. The highest BCUT2D eigenvalue weighted by molar-refractivity contribution is 9.10. The molecule has 0 radical (unpaired) electrons. The van der Waals surface area contributed by atoms with Gasteiger partial charge in [-0.05, 0) is 37.0 Å². The lowest BCUT2D eigenvalue weighted by Crippen LogP contribution is -2.47. The fourth-order valence-corrected chi connectivity index (χ4v) is 2.98. The van der Waals surface area contributed by atoms with Gasteiger partial charge in [0.1, 0.15) is 0 Å². The molecule has 0 N–H and O–H groups in total. The summed E-state index contributed by atoms with van der Waals surface area (Å²) in [4.78, 5) is 11.5. The van der Waals surface area contributed by atoms with Crippen LogP contribution < -0.4 is 0 Å². The van der Waals surface area contributed by atoms with E-state index >= 15 is 0 Å². The fourth-order valence-electron chi connectivity index (χ4n) is 1.83. The molecule has 0 bridgehead atoms. The van der Waals surface area contributed by atoms with Gasteiger partial charge in [-0.2, -0.15) is 30.4 Å². The summed E-state index contributed by atoms with van der Waals surface area (Å²) >= 11 is 3.22. The molecule has 12 heteroatoms. The number of aryl methyl sites for hydroxylation is 1. The van der Waals surface area contributed by atoms with E-state index in [0.717, 1.165) is 17.1 Å². The maximum Gasteiger partial charge on any atom is 0.472 e. The average molecular weight is 469 g/mol. The lowest BCUT2D eigenvalue weighted by Gasteiger charge is -2.22. The zero-order chi connectivity index (χ0) is 20.2. The van der Waals surface area contributed by atoms with Gasteiger partial charge in [-0.25, -0.2) is 8.98 Å². The Morgan fingerprint density at radius 2 is 1.69 bits per heavy atom. The summed E-state index contributed by atoms with van der Waals surface area (Å²) in [7, 11) is -5.62. The van der Waals surface area contributed by atoms with Crippen molar-refractivity contribution in [2.24, 2.45) is 0 Å². The van der Waals surface area contributed by atoms with Crippen LogP contribution in [0.4, 0.5) is 22.0 Å². The number of halogens is 6. The first-order valence-corrected chi connectivity index (χ1v) is 9.21. The van der Waals surface area contributed by atoms with E-state index in [1.807, 2.05) is 0 Å². The van der Waals surface area contributed by atoms with Crippen LogP contribution in [0.2, 0.25) is 0 Å². The molecular formula is C14H14BrF5O5S. The topological polar surface area (TPSA) is 69.7 Å². The zero-order valence-electron chi connectivity index (χ0n) is 13.2. The maximum atomic E-state index is 13.1. The molecule has 0 spiro atoms. The molecule has 0 heterocycles. The van der Waals surface area contributed by atoms with E-state index in [4.69, 9.17) is 0 Å². The van der Waals surface area contributed by atoms with Gasteiger partial charge in [0.05, 0.1) is 7.11 Å². The third-order valence-corrected chi connectivity index (χ3v) is 5.07. The molecule has 1 unspecified atom stereocenters. The molecule has 148 valence electrons. The minimum Gasteiger partial charge on any atom is -0.467 e. The van der Waals surface area contributed by atoms with Crippen molar-refractivity contribution in [3.8, 4) is 0 Å². The monoisotopic (exact) mass is 468 g/mol. The second kappa shape index (κ2) is 8.61. The van der Waals surface area contributed by atoms with Crippen molar-refractivity contribution in [3.63, 3.8) is 0 Å². The number of esters is 1. The summed E-state index contributed by atoms with van der Waals surface area (Å²) in [5.74, 6) is -1.37. The fraction of sp³-hybridized carbons (Fsp3) is 0.500. The molecule has 0 aliphatic rings. The van der Waals surface area contributed by atoms with Gasteiger partial charge in [-0.1, -0.05) is 28.1 Å². The van der Waals surface area contributed by atoms with Crippen molar-refractivity contribution in [2.75, 3.05) is 7.11 Å². The Labute approximate surface area is 154 Å². The Kier molecular flexibility index (Phi) is 7.54. The highest BCUT2D eigenvalue weighted by atomic mass is 79.9. The molecule has 0 aliphatic carbocycles. The minimum atomic E-state index is -6.44. The highest BCUT2D eigenvalue weighted by Gasteiger charge is 2.69. The number of carbonyl (C=O) groups is 1. The molecule has 0 saturated heterocycles. The van der Waals surface area contributed by atoms with Crippen molar-refractivity contribution < 1.29 is 44.1 Å². The van der Waals surface area contributed by atoms with Gasteiger partial charge in [-0.3, -0.25) is 0 Å². The van der Waals surface area contributed by atoms with Gasteiger partial charge in [0.25, 0.3) is 0 Å². The van der Waals surface area contributed by atoms with Crippen LogP contribution in [0.3, 0.4) is 0 Å². The standard InChI is InChI=1S/C14H14BrF5O5S/c1-24-12(21)11(4-2-3-9-5-7-10(15)8-6-9)25-26(22,23)14(19,20)13(16,17)18/h5-8,11H,2-4H2,1H3. The van der Waals surface area contributed by atoms with Gasteiger partial charge in [0.15, 0.2) is 6.10 Å². The number of carbonyl (C=O) groups excluding carboxylic acids is 1. The van der Waals surface area contributed by atoms with Gasteiger partial charge in [-0.15, -0.1) is 0 Å². The van der Waals surface area contributed by atoms with Gasteiger partial charge >= 0.3 is 27.5 Å². The number of hydrogen-bond acceptors (Lipinski definition) is 5. The van der Waals surface area contributed by atoms with Crippen LogP contribution in [0.5, 0.6) is 0 Å². The number of hydrogen-bond donors (Lipinski definition) is 0. The second-order valence-electron chi connectivity index (χ2n) is 5.10. The van der Waals surface area contributed by atoms with E-state index in [2.05, 4.69) is 24.8 Å². The van der Waals surface area contributed by atoms with Crippen molar-refractivity contribution in [1.29, 1.82) is 0 Å². The molecule has 5 nitrogen and oxygen atoms in total. The lowest BCUT2D eigenvalue weighted by molar-refractivity contribution is -0.244. The summed E-state index contributed by atoms with van der Waals surface area (Å²) < 4.78 is 94.3.